The summed E-state index contributed by atoms with van der Waals surface area (Å²) in [5, 5.41) is 2.62. The van der Waals surface area contributed by atoms with Crippen molar-refractivity contribution >= 4 is 13.7 Å². The van der Waals surface area contributed by atoms with Gasteiger partial charge in [-0.05, 0) is 29.7 Å². The van der Waals surface area contributed by atoms with Crippen molar-refractivity contribution in [3.8, 4) is 5.75 Å². The first-order chi connectivity index (χ1) is 12.3. The van der Waals surface area contributed by atoms with Crippen LogP contribution in [0.5, 0.6) is 5.75 Å². The largest absolute Gasteiger partial charge is 0.489 e. The summed E-state index contributed by atoms with van der Waals surface area (Å²) < 4.78 is 21.1. The minimum atomic E-state index is -4.59. The molecule has 0 aliphatic heterocycles. The van der Waals surface area contributed by atoms with E-state index in [0.29, 0.717) is 18.8 Å². The van der Waals surface area contributed by atoms with Crippen molar-refractivity contribution in [3.63, 3.8) is 0 Å². The minimum Gasteiger partial charge on any atom is -0.489 e. The van der Waals surface area contributed by atoms with Gasteiger partial charge >= 0.3 is 7.82 Å². The predicted molar refractivity (Wildman–Crippen MR) is 96.5 cm³/mol. The fourth-order valence-electron chi connectivity index (χ4n) is 2.37. The molecule has 0 bridgehead atoms. The highest BCUT2D eigenvalue weighted by Crippen LogP contribution is 2.35. The summed E-state index contributed by atoms with van der Waals surface area (Å²) >= 11 is 0. The number of hydrogen-bond acceptors (Lipinski definition) is 4. The highest BCUT2D eigenvalue weighted by atomic mass is 31.2. The number of carbonyl (C=O) groups is 1. The van der Waals surface area contributed by atoms with E-state index in [1.807, 2.05) is 54.6 Å². The molecule has 1 amide bonds. The van der Waals surface area contributed by atoms with E-state index in [1.54, 1.807) is 0 Å². The van der Waals surface area contributed by atoms with Crippen molar-refractivity contribution in [3.05, 3.63) is 65.7 Å². The Morgan fingerprint density at radius 1 is 1.08 bits per heavy atom. The molecule has 1 atom stereocenters. The molecule has 2 rings (SSSR count). The molecule has 2 aromatic rings. The molecule has 3 N–H and O–H groups in total. The Hall–Kier alpha value is -2.18. The molecule has 2 aromatic carbocycles. The zero-order chi connectivity index (χ0) is 19.0. The summed E-state index contributed by atoms with van der Waals surface area (Å²) in [7, 11) is -4.59. The van der Waals surface area contributed by atoms with Crippen LogP contribution < -0.4 is 10.1 Å². The second-order valence-electron chi connectivity index (χ2n) is 5.81. The third-order valence-electron chi connectivity index (χ3n) is 3.51. The molecule has 26 heavy (non-hydrogen) atoms. The van der Waals surface area contributed by atoms with Crippen molar-refractivity contribution in [2.45, 2.75) is 26.0 Å². The van der Waals surface area contributed by atoms with Crippen molar-refractivity contribution in [1.29, 1.82) is 0 Å². The van der Waals surface area contributed by atoms with Gasteiger partial charge in [0.05, 0.1) is 12.6 Å². The van der Waals surface area contributed by atoms with Crippen LogP contribution in [0, 0.1) is 0 Å². The maximum Gasteiger partial charge on any atom is 0.469 e. The molecular weight excluding hydrogens is 357 g/mol. The number of hydrogen-bond donors (Lipinski definition) is 3. The number of ether oxygens (including phenoxy) is 1. The summed E-state index contributed by atoms with van der Waals surface area (Å²) in [4.78, 5) is 28.9. The standard InChI is InChI=1S/C18H22NO6P/c1-14(20)19-17(13-25-26(21,22)23)11-15-7-9-18(10-8-15)24-12-16-5-3-2-4-6-16/h2-10,17H,11-13H2,1H3,(H,19,20)(H2,21,22,23)/t17-/m0/s1. The Labute approximate surface area is 152 Å². The third kappa shape index (κ3) is 7.80. The molecule has 0 spiro atoms. The van der Waals surface area contributed by atoms with Crippen LogP contribution in [0.15, 0.2) is 54.6 Å². The summed E-state index contributed by atoms with van der Waals surface area (Å²) in [5.74, 6) is 0.410. The number of amides is 1. The van der Waals surface area contributed by atoms with Crippen LogP contribution in [0.25, 0.3) is 0 Å². The molecule has 0 aliphatic rings. The topological polar surface area (TPSA) is 105 Å². The normalized spacial score (nSPS) is 12.4. The van der Waals surface area contributed by atoms with Gasteiger partial charge in [0.25, 0.3) is 0 Å². The number of benzene rings is 2. The van der Waals surface area contributed by atoms with Crippen molar-refractivity contribution in [2.24, 2.45) is 0 Å². The van der Waals surface area contributed by atoms with Gasteiger partial charge in [0.1, 0.15) is 12.4 Å². The monoisotopic (exact) mass is 379 g/mol. The Morgan fingerprint density at radius 3 is 2.31 bits per heavy atom. The first-order valence-corrected chi connectivity index (χ1v) is 9.58. The van der Waals surface area contributed by atoms with Crippen LogP contribution in [-0.2, 0) is 26.9 Å². The molecule has 0 unspecified atom stereocenters. The summed E-state index contributed by atoms with van der Waals surface area (Å²) in [6, 6.07) is 16.6. The van der Waals surface area contributed by atoms with Crippen LogP contribution >= 0.6 is 7.82 Å². The first kappa shape index (κ1) is 20.1. The molecule has 0 aliphatic carbocycles. The van der Waals surface area contributed by atoms with Crippen LogP contribution in [0.1, 0.15) is 18.1 Å². The molecule has 0 saturated heterocycles. The number of carbonyl (C=O) groups excluding carboxylic acids is 1. The lowest BCUT2D eigenvalue weighted by atomic mass is 10.1. The van der Waals surface area contributed by atoms with Crippen LogP contribution in [0.3, 0.4) is 0 Å². The second kappa shape index (κ2) is 9.50. The Kier molecular flexibility index (Phi) is 7.36. The van der Waals surface area contributed by atoms with E-state index in [4.69, 9.17) is 14.5 Å². The molecule has 0 fully saturated rings. The number of nitrogens with one attached hydrogen (secondary N) is 1. The Morgan fingerprint density at radius 2 is 1.73 bits per heavy atom. The van der Waals surface area contributed by atoms with Crippen molar-refractivity contribution in [2.75, 3.05) is 6.61 Å². The zero-order valence-electron chi connectivity index (χ0n) is 14.4. The van der Waals surface area contributed by atoms with Gasteiger partial charge in [-0.25, -0.2) is 4.57 Å². The summed E-state index contributed by atoms with van der Waals surface area (Å²) in [6.07, 6.45) is 0.374. The molecule has 140 valence electrons. The maximum atomic E-state index is 11.3. The smallest absolute Gasteiger partial charge is 0.469 e. The lowest BCUT2D eigenvalue weighted by molar-refractivity contribution is -0.119. The fourth-order valence-corrected chi connectivity index (χ4v) is 2.75. The highest BCUT2D eigenvalue weighted by molar-refractivity contribution is 7.46. The van der Waals surface area contributed by atoms with E-state index in [2.05, 4.69) is 9.84 Å². The zero-order valence-corrected chi connectivity index (χ0v) is 15.3. The number of phosphoric ester groups is 1. The Bertz CT molecular complexity index is 744. The van der Waals surface area contributed by atoms with Gasteiger partial charge in [-0.1, -0.05) is 42.5 Å². The molecule has 8 heteroatoms. The lowest BCUT2D eigenvalue weighted by Crippen LogP contribution is -2.38. The average molecular weight is 379 g/mol. The van der Waals surface area contributed by atoms with Crippen molar-refractivity contribution in [1.82, 2.24) is 5.32 Å². The van der Waals surface area contributed by atoms with E-state index >= 15 is 0 Å². The highest BCUT2D eigenvalue weighted by Gasteiger charge is 2.19. The maximum absolute atomic E-state index is 11.3. The van der Waals surface area contributed by atoms with Crippen LogP contribution in [-0.4, -0.2) is 28.3 Å². The van der Waals surface area contributed by atoms with E-state index < -0.39 is 13.9 Å². The summed E-state index contributed by atoms with van der Waals surface area (Å²) in [6.45, 7) is 1.52. The van der Waals surface area contributed by atoms with E-state index in [0.717, 1.165) is 11.1 Å². The third-order valence-corrected chi connectivity index (χ3v) is 3.99. The average Bonchev–Trinajstić information content (AvgIpc) is 2.59. The van der Waals surface area contributed by atoms with Gasteiger partial charge in [0.2, 0.25) is 5.91 Å². The van der Waals surface area contributed by atoms with Gasteiger partial charge < -0.3 is 19.8 Å². The van der Waals surface area contributed by atoms with E-state index in [9.17, 15) is 9.36 Å². The van der Waals surface area contributed by atoms with E-state index in [-0.39, 0.29) is 12.5 Å². The molecule has 0 radical (unpaired) electrons. The van der Waals surface area contributed by atoms with Gasteiger partial charge in [0.15, 0.2) is 0 Å². The summed E-state index contributed by atoms with van der Waals surface area (Å²) in [5.41, 5.74) is 1.95. The van der Waals surface area contributed by atoms with Crippen LogP contribution in [0.2, 0.25) is 0 Å². The van der Waals surface area contributed by atoms with Crippen LogP contribution in [0.4, 0.5) is 0 Å². The van der Waals surface area contributed by atoms with Gasteiger partial charge in [-0.15, -0.1) is 0 Å². The van der Waals surface area contributed by atoms with Gasteiger partial charge in [0, 0.05) is 6.92 Å². The predicted octanol–water partition coefficient (Wildman–Crippen LogP) is 2.42. The lowest BCUT2D eigenvalue weighted by Gasteiger charge is -2.18. The van der Waals surface area contributed by atoms with Gasteiger partial charge in [-0.2, -0.15) is 0 Å². The quantitative estimate of drug-likeness (QED) is 0.578. The first-order valence-electron chi connectivity index (χ1n) is 8.05. The SMILES string of the molecule is CC(=O)N[C@H](COP(=O)(O)O)Cc1ccc(OCc2ccccc2)cc1. The van der Waals surface area contributed by atoms with E-state index in [1.165, 1.54) is 6.92 Å². The minimum absolute atomic E-state index is 0.282. The number of phosphoric acid groups is 1. The molecule has 0 saturated carbocycles. The molecular formula is C18H22NO6P. The second-order valence-corrected chi connectivity index (χ2v) is 7.05. The van der Waals surface area contributed by atoms with Gasteiger partial charge in [-0.3, -0.25) is 9.32 Å². The Balaban J connectivity index is 1.92. The van der Waals surface area contributed by atoms with Crippen molar-refractivity contribution < 1.29 is 28.4 Å². The molecule has 7 nitrogen and oxygen atoms in total. The fraction of sp³-hybridized carbons (Fsp3) is 0.278. The molecule has 0 heterocycles. The number of rotatable bonds is 9. The molecule has 0 aromatic heterocycles.